The Kier molecular flexibility index (Phi) is 5.97. The number of carboxylic acid groups (broad SMARTS) is 1. The van der Waals surface area contributed by atoms with Crippen LogP contribution in [0.3, 0.4) is 0 Å². The van der Waals surface area contributed by atoms with Crippen molar-refractivity contribution in [1.82, 2.24) is 0 Å². The summed E-state index contributed by atoms with van der Waals surface area (Å²) in [4.78, 5) is 11.3. The average Bonchev–Trinajstić information content (AvgIpc) is 3.42. The van der Waals surface area contributed by atoms with Gasteiger partial charge in [-0.05, 0) is 42.5 Å². The Hall–Kier alpha value is -4.37. The molecule has 1 aliphatic rings. The van der Waals surface area contributed by atoms with Crippen molar-refractivity contribution in [1.29, 1.82) is 10.5 Å². The summed E-state index contributed by atoms with van der Waals surface area (Å²) in [7, 11) is 0. The van der Waals surface area contributed by atoms with E-state index in [-0.39, 0.29) is 16.8 Å². The van der Waals surface area contributed by atoms with Gasteiger partial charge >= 0.3 is 5.97 Å². The highest BCUT2D eigenvalue weighted by atomic mass is 35.5. The van der Waals surface area contributed by atoms with E-state index >= 15 is 0 Å². The number of anilines is 1. The van der Waals surface area contributed by atoms with Crippen LogP contribution in [0.5, 0.6) is 0 Å². The van der Waals surface area contributed by atoms with E-state index in [0.29, 0.717) is 27.8 Å². The fourth-order valence-corrected chi connectivity index (χ4v) is 3.66. The Balaban J connectivity index is 1.70. The molecule has 2 atom stereocenters. The summed E-state index contributed by atoms with van der Waals surface area (Å²) in [6.45, 7) is 0. The molecule has 0 saturated heterocycles. The molecule has 0 spiro atoms. The molecule has 33 heavy (non-hydrogen) atoms. The summed E-state index contributed by atoms with van der Waals surface area (Å²) in [6.07, 6.45) is 0.705. The first kappa shape index (κ1) is 21.8. The van der Waals surface area contributed by atoms with Gasteiger partial charge in [0, 0.05) is 11.6 Å². The van der Waals surface area contributed by atoms with E-state index < -0.39 is 18.1 Å². The van der Waals surface area contributed by atoms with E-state index in [1.807, 2.05) is 30.3 Å². The third-order valence-corrected chi connectivity index (χ3v) is 5.41. The molecule has 4 rings (SSSR count). The first-order valence-electron chi connectivity index (χ1n) is 9.76. The molecule has 3 aromatic rings. The summed E-state index contributed by atoms with van der Waals surface area (Å²) >= 11 is 6.21. The van der Waals surface area contributed by atoms with Crippen LogP contribution in [0.15, 0.2) is 75.8 Å². The first-order chi connectivity index (χ1) is 15.9. The molecule has 0 amide bonds. The predicted molar refractivity (Wildman–Crippen MR) is 123 cm³/mol. The van der Waals surface area contributed by atoms with Crippen LogP contribution in [0, 0.1) is 28.6 Å². The van der Waals surface area contributed by atoms with E-state index in [1.165, 1.54) is 29.3 Å². The highest BCUT2D eigenvalue weighted by molar-refractivity contribution is 6.33. The van der Waals surface area contributed by atoms with Gasteiger partial charge in [-0.2, -0.15) is 15.6 Å². The van der Waals surface area contributed by atoms with Crippen LogP contribution in [-0.4, -0.2) is 23.0 Å². The van der Waals surface area contributed by atoms with Gasteiger partial charge in [-0.3, -0.25) is 0 Å². The SMILES string of the molecule is N#C/C(=C/c1ccc(-c2cc(C(=O)O)ccc2Cl)o1)C1=NN(c2ccccc2)[C@H](N)[C@@H]1C#N. The van der Waals surface area contributed by atoms with Gasteiger partial charge in [0.15, 0.2) is 0 Å². The number of nitrogens with two attached hydrogens (primary N) is 1. The van der Waals surface area contributed by atoms with Crippen LogP contribution in [0.4, 0.5) is 5.69 Å². The van der Waals surface area contributed by atoms with Gasteiger partial charge in [-0.15, -0.1) is 0 Å². The second-order valence-electron chi connectivity index (χ2n) is 7.13. The van der Waals surface area contributed by atoms with Crippen LogP contribution < -0.4 is 10.7 Å². The number of furan rings is 1. The van der Waals surface area contributed by atoms with E-state index in [9.17, 15) is 20.4 Å². The number of para-hydroxylation sites is 1. The lowest BCUT2D eigenvalue weighted by Crippen LogP contribution is -2.40. The van der Waals surface area contributed by atoms with Crippen molar-refractivity contribution >= 4 is 35.0 Å². The van der Waals surface area contributed by atoms with Gasteiger partial charge in [0.25, 0.3) is 0 Å². The summed E-state index contributed by atoms with van der Waals surface area (Å²) in [5, 5.41) is 35.0. The highest BCUT2D eigenvalue weighted by Gasteiger charge is 2.37. The molecule has 2 aromatic carbocycles. The van der Waals surface area contributed by atoms with Crippen molar-refractivity contribution in [2.24, 2.45) is 16.8 Å². The lowest BCUT2D eigenvalue weighted by atomic mass is 9.96. The van der Waals surface area contributed by atoms with Crippen molar-refractivity contribution in [3.05, 3.63) is 82.6 Å². The topological polar surface area (TPSA) is 140 Å². The third-order valence-electron chi connectivity index (χ3n) is 5.08. The Morgan fingerprint density at radius 1 is 1.18 bits per heavy atom. The van der Waals surface area contributed by atoms with Gasteiger partial charge in [0.1, 0.15) is 29.7 Å². The number of carboxylic acids is 1. The number of hydrogen-bond donors (Lipinski definition) is 2. The Bertz CT molecular complexity index is 1360. The zero-order chi connectivity index (χ0) is 23.5. The summed E-state index contributed by atoms with van der Waals surface area (Å²) in [5.74, 6) is -1.27. The standard InChI is InChI=1S/C24H16ClN5O3/c25-20-8-6-14(24(31)32)11-18(20)21-9-7-17(33-21)10-15(12-26)22-19(13-27)23(28)30(29-22)16-4-2-1-3-5-16/h1-11,19,23H,28H2,(H,31,32)/b15-10-/t19-,23+/m1/s1. The van der Waals surface area contributed by atoms with E-state index in [2.05, 4.69) is 17.2 Å². The predicted octanol–water partition coefficient (Wildman–Crippen LogP) is 4.51. The van der Waals surface area contributed by atoms with Crippen molar-refractivity contribution in [3.8, 4) is 23.5 Å². The number of halogens is 1. The van der Waals surface area contributed by atoms with Crippen molar-refractivity contribution in [3.63, 3.8) is 0 Å². The average molecular weight is 458 g/mol. The fraction of sp³-hybridized carbons (Fsp3) is 0.0833. The Labute approximate surface area is 194 Å². The number of aromatic carboxylic acids is 1. The molecule has 0 bridgehead atoms. The molecule has 0 aliphatic carbocycles. The quantitative estimate of drug-likeness (QED) is 0.537. The van der Waals surface area contributed by atoms with E-state index in [4.69, 9.17) is 21.8 Å². The van der Waals surface area contributed by atoms with Crippen molar-refractivity contribution in [2.75, 3.05) is 5.01 Å². The smallest absolute Gasteiger partial charge is 0.335 e. The second kappa shape index (κ2) is 9.01. The summed E-state index contributed by atoms with van der Waals surface area (Å²) in [6, 6.07) is 20.8. The molecule has 0 radical (unpaired) electrons. The molecule has 0 unspecified atom stereocenters. The van der Waals surface area contributed by atoms with Crippen LogP contribution >= 0.6 is 11.6 Å². The minimum absolute atomic E-state index is 0.0628. The zero-order valence-electron chi connectivity index (χ0n) is 17.0. The van der Waals surface area contributed by atoms with Gasteiger partial charge < -0.3 is 15.3 Å². The molecule has 2 heterocycles. The highest BCUT2D eigenvalue weighted by Crippen LogP contribution is 2.32. The summed E-state index contributed by atoms with van der Waals surface area (Å²) < 4.78 is 5.80. The normalized spacial score (nSPS) is 17.9. The van der Waals surface area contributed by atoms with Crippen LogP contribution in [0.25, 0.3) is 17.4 Å². The molecule has 8 nitrogen and oxygen atoms in total. The van der Waals surface area contributed by atoms with Crippen LogP contribution in [-0.2, 0) is 0 Å². The maximum absolute atomic E-state index is 11.3. The number of rotatable bonds is 5. The van der Waals surface area contributed by atoms with Crippen LogP contribution in [0.1, 0.15) is 16.1 Å². The molecule has 1 aromatic heterocycles. The Morgan fingerprint density at radius 3 is 2.61 bits per heavy atom. The second-order valence-corrected chi connectivity index (χ2v) is 7.54. The molecule has 0 fully saturated rings. The minimum atomic E-state index is -1.09. The zero-order valence-corrected chi connectivity index (χ0v) is 17.8. The van der Waals surface area contributed by atoms with Crippen LogP contribution in [0.2, 0.25) is 5.02 Å². The molecule has 0 saturated carbocycles. The monoisotopic (exact) mass is 457 g/mol. The number of benzene rings is 2. The van der Waals surface area contributed by atoms with Gasteiger partial charge in [0.05, 0.1) is 33.6 Å². The molecule has 9 heteroatoms. The number of allylic oxidation sites excluding steroid dienone is 1. The summed E-state index contributed by atoms with van der Waals surface area (Å²) in [5.41, 5.74) is 7.77. The maximum Gasteiger partial charge on any atom is 0.335 e. The molecule has 1 aliphatic heterocycles. The maximum atomic E-state index is 11.3. The fourth-order valence-electron chi connectivity index (χ4n) is 3.45. The molecular formula is C24H16ClN5O3. The van der Waals surface area contributed by atoms with Gasteiger partial charge in [-0.25, -0.2) is 9.80 Å². The third kappa shape index (κ3) is 4.21. The van der Waals surface area contributed by atoms with Crippen molar-refractivity contribution < 1.29 is 14.3 Å². The first-order valence-corrected chi connectivity index (χ1v) is 10.1. The van der Waals surface area contributed by atoms with E-state index in [1.54, 1.807) is 12.1 Å². The van der Waals surface area contributed by atoms with Gasteiger partial charge in [-0.1, -0.05) is 29.8 Å². The lowest BCUT2D eigenvalue weighted by molar-refractivity contribution is 0.0697. The molecule has 3 N–H and O–H groups in total. The largest absolute Gasteiger partial charge is 0.478 e. The van der Waals surface area contributed by atoms with Crippen molar-refractivity contribution in [2.45, 2.75) is 6.17 Å². The van der Waals surface area contributed by atoms with E-state index in [0.717, 1.165) is 0 Å². The molecule has 162 valence electrons. The number of carbonyl (C=O) groups is 1. The number of hydrazone groups is 1. The number of nitrogens with zero attached hydrogens (tertiary/aromatic N) is 4. The van der Waals surface area contributed by atoms with Gasteiger partial charge in [0.2, 0.25) is 0 Å². The molecular weight excluding hydrogens is 442 g/mol. The lowest BCUT2D eigenvalue weighted by Gasteiger charge is -2.21. The number of nitriles is 2. The number of hydrogen-bond acceptors (Lipinski definition) is 7. The Morgan fingerprint density at radius 2 is 1.94 bits per heavy atom. The minimum Gasteiger partial charge on any atom is -0.478 e.